The molecule has 0 aliphatic rings. The van der Waals surface area contributed by atoms with Gasteiger partial charge in [0.25, 0.3) is 0 Å². The number of rotatable bonds is 5. The van der Waals surface area contributed by atoms with E-state index in [1.54, 1.807) is 7.11 Å². The van der Waals surface area contributed by atoms with Crippen molar-refractivity contribution in [2.24, 2.45) is 0 Å². The van der Waals surface area contributed by atoms with Gasteiger partial charge in [0.1, 0.15) is 11.4 Å². The van der Waals surface area contributed by atoms with Crippen molar-refractivity contribution in [1.82, 2.24) is 9.97 Å². The Kier molecular flexibility index (Phi) is 5.55. The van der Waals surface area contributed by atoms with Crippen molar-refractivity contribution in [3.8, 4) is 0 Å². The van der Waals surface area contributed by atoms with Crippen molar-refractivity contribution in [3.05, 3.63) is 16.0 Å². The minimum atomic E-state index is -0.511. The maximum Gasteiger partial charge on any atom is 0.162 e. The Hall–Kier alpha value is -0.680. The summed E-state index contributed by atoms with van der Waals surface area (Å²) in [7, 11) is 1.68. The Bertz CT molecular complexity index is 467. The van der Waals surface area contributed by atoms with Gasteiger partial charge in [-0.1, -0.05) is 27.7 Å². The monoisotopic (exact) mass is 343 g/mol. The highest BCUT2D eigenvalue weighted by Crippen LogP contribution is 2.34. The van der Waals surface area contributed by atoms with Crippen LogP contribution < -0.4 is 5.32 Å². The third-order valence-corrected chi connectivity index (χ3v) is 3.90. The molecular weight excluding hydrogens is 318 g/mol. The minimum absolute atomic E-state index is 0.0665. The molecule has 0 spiro atoms. The van der Waals surface area contributed by atoms with Crippen LogP contribution in [0.25, 0.3) is 0 Å². The molecule has 0 aliphatic carbocycles. The van der Waals surface area contributed by atoms with E-state index >= 15 is 0 Å². The number of hydrogen-bond donors (Lipinski definition) is 1. The molecule has 0 saturated carbocycles. The molecule has 1 aromatic heterocycles. The number of methoxy groups -OCH3 is 1. The highest BCUT2D eigenvalue weighted by Gasteiger charge is 2.29. The van der Waals surface area contributed by atoms with Crippen LogP contribution in [0.15, 0.2) is 4.47 Å². The van der Waals surface area contributed by atoms with Gasteiger partial charge in [-0.2, -0.15) is 0 Å². The average molecular weight is 344 g/mol. The number of nitrogens with one attached hydrogen (secondary N) is 1. The molecule has 20 heavy (non-hydrogen) atoms. The average Bonchev–Trinajstić information content (AvgIpc) is 2.35. The van der Waals surface area contributed by atoms with E-state index in [2.05, 4.69) is 53.9 Å². The second-order valence-corrected chi connectivity index (χ2v) is 7.24. The quantitative estimate of drug-likeness (QED) is 0.868. The zero-order valence-electron chi connectivity index (χ0n) is 13.6. The van der Waals surface area contributed by atoms with Crippen molar-refractivity contribution in [2.75, 3.05) is 19.0 Å². The van der Waals surface area contributed by atoms with Gasteiger partial charge >= 0.3 is 0 Å². The molecule has 0 aromatic carbocycles. The van der Waals surface area contributed by atoms with Gasteiger partial charge in [0, 0.05) is 19.1 Å². The van der Waals surface area contributed by atoms with Crippen molar-refractivity contribution < 1.29 is 4.74 Å². The highest BCUT2D eigenvalue weighted by atomic mass is 79.9. The standard InChI is InChI=1S/C15H26BrN3O/c1-8-9-17-12-10(16)11(14(2,3)4)18-13(19-12)15(5,6)20-7/h8-9H2,1-7H3,(H,17,18,19). The molecule has 0 atom stereocenters. The smallest absolute Gasteiger partial charge is 0.162 e. The van der Waals surface area contributed by atoms with Gasteiger partial charge < -0.3 is 10.1 Å². The molecule has 1 aromatic rings. The molecule has 4 nitrogen and oxygen atoms in total. The van der Waals surface area contributed by atoms with E-state index in [0.29, 0.717) is 5.82 Å². The van der Waals surface area contributed by atoms with Crippen molar-refractivity contribution in [1.29, 1.82) is 0 Å². The third kappa shape index (κ3) is 3.92. The van der Waals surface area contributed by atoms with Gasteiger partial charge in [0.05, 0.1) is 10.2 Å². The second kappa shape index (κ2) is 6.39. The van der Waals surface area contributed by atoms with E-state index in [1.807, 2.05) is 13.8 Å². The van der Waals surface area contributed by atoms with Gasteiger partial charge in [-0.25, -0.2) is 9.97 Å². The fraction of sp³-hybridized carbons (Fsp3) is 0.733. The van der Waals surface area contributed by atoms with E-state index in [0.717, 1.165) is 29.0 Å². The summed E-state index contributed by atoms with van der Waals surface area (Å²) in [6.07, 6.45) is 1.05. The topological polar surface area (TPSA) is 47.0 Å². The maximum atomic E-state index is 5.52. The Labute approximate surface area is 130 Å². The predicted molar refractivity (Wildman–Crippen MR) is 87.2 cm³/mol. The summed E-state index contributed by atoms with van der Waals surface area (Å²) in [5.41, 5.74) is 0.415. The van der Waals surface area contributed by atoms with Crippen molar-refractivity contribution in [2.45, 2.75) is 59.0 Å². The lowest BCUT2D eigenvalue weighted by Crippen LogP contribution is -2.27. The van der Waals surface area contributed by atoms with E-state index in [4.69, 9.17) is 9.72 Å². The van der Waals surface area contributed by atoms with Crippen molar-refractivity contribution >= 4 is 21.7 Å². The molecule has 1 rings (SSSR count). The summed E-state index contributed by atoms with van der Waals surface area (Å²) in [4.78, 5) is 9.36. The molecule has 0 radical (unpaired) electrons. The third-order valence-electron chi connectivity index (χ3n) is 3.15. The number of ether oxygens (including phenoxy) is 1. The van der Waals surface area contributed by atoms with E-state index < -0.39 is 5.60 Å². The second-order valence-electron chi connectivity index (χ2n) is 6.45. The van der Waals surface area contributed by atoms with Gasteiger partial charge in [-0.05, 0) is 36.2 Å². The molecule has 114 valence electrons. The zero-order chi connectivity index (χ0) is 15.6. The summed E-state index contributed by atoms with van der Waals surface area (Å²) >= 11 is 3.64. The Morgan fingerprint density at radius 2 is 1.75 bits per heavy atom. The summed E-state index contributed by atoms with van der Waals surface area (Å²) in [5.74, 6) is 1.54. The fourth-order valence-corrected chi connectivity index (χ4v) is 2.58. The highest BCUT2D eigenvalue weighted by molar-refractivity contribution is 9.10. The molecule has 5 heteroatoms. The van der Waals surface area contributed by atoms with Crippen molar-refractivity contribution in [3.63, 3.8) is 0 Å². The minimum Gasteiger partial charge on any atom is -0.371 e. The number of nitrogens with zero attached hydrogens (tertiary/aromatic N) is 2. The molecule has 0 aliphatic heterocycles. The lowest BCUT2D eigenvalue weighted by Gasteiger charge is -2.27. The first-order valence-electron chi connectivity index (χ1n) is 7.01. The van der Waals surface area contributed by atoms with Gasteiger partial charge in [-0.15, -0.1) is 0 Å². The zero-order valence-corrected chi connectivity index (χ0v) is 15.2. The van der Waals surface area contributed by atoms with Crippen LogP contribution >= 0.6 is 15.9 Å². The number of hydrogen-bond acceptors (Lipinski definition) is 4. The first kappa shape index (κ1) is 17.4. The summed E-state index contributed by atoms with van der Waals surface area (Å²) < 4.78 is 6.46. The molecule has 0 unspecified atom stereocenters. The first-order valence-corrected chi connectivity index (χ1v) is 7.80. The predicted octanol–water partition coefficient (Wildman–Crippen LogP) is 4.24. The molecule has 0 fully saturated rings. The van der Waals surface area contributed by atoms with E-state index in [1.165, 1.54) is 0 Å². The first-order chi connectivity index (χ1) is 9.13. The van der Waals surface area contributed by atoms with Crippen LogP contribution in [0.2, 0.25) is 0 Å². The summed E-state index contributed by atoms with van der Waals surface area (Å²) in [6, 6.07) is 0. The van der Waals surface area contributed by atoms with Crippen LogP contribution in [0, 0.1) is 0 Å². The van der Waals surface area contributed by atoms with E-state index in [9.17, 15) is 0 Å². The van der Waals surface area contributed by atoms with Crippen LogP contribution in [0.1, 0.15) is 59.5 Å². The van der Waals surface area contributed by atoms with Crippen LogP contribution in [-0.2, 0) is 15.8 Å². The van der Waals surface area contributed by atoms with Crippen LogP contribution in [0.4, 0.5) is 5.82 Å². The summed E-state index contributed by atoms with van der Waals surface area (Å²) in [5, 5.41) is 3.36. The molecule has 0 amide bonds. The number of aromatic nitrogens is 2. The van der Waals surface area contributed by atoms with Gasteiger partial charge in [0.15, 0.2) is 5.82 Å². The SMILES string of the molecule is CCCNc1nc(C(C)(C)OC)nc(C(C)(C)C)c1Br. The Morgan fingerprint density at radius 3 is 2.20 bits per heavy atom. The molecule has 0 bridgehead atoms. The lowest BCUT2D eigenvalue weighted by atomic mass is 9.91. The number of anilines is 1. The fourth-order valence-electron chi connectivity index (χ4n) is 1.67. The van der Waals surface area contributed by atoms with Gasteiger partial charge in [0.2, 0.25) is 0 Å². The number of halogens is 1. The normalized spacial score (nSPS) is 12.6. The van der Waals surface area contributed by atoms with Gasteiger partial charge in [-0.3, -0.25) is 0 Å². The Morgan fingerprint density at radius 1 is 1.15 bits per heavy atom. The van der Waals surface area contributed by atoms with Crippen LogP contribution in [0.5, 0.6) is 0 Å². The van der Waals surface area contributed by atoms with E-state index in [-0.39, 0.29) is 5.41 Å². The molecular formula is C15H26BrN3O. The lowest BCUT2D eigenvalue weighted by molar-refractivity contribution is 0.0112. The molecule has 0 saturated heterocycles. The van der Waals surface area contributed by atoms with Crippen LogP contribution in [0.3, 0.4) is 0 Å². The largest absolute Gasteiger partial charge is 0.371 e. The summed E-state index contributed by atoms with van der Waals surface area (Å²) in [6.45, 7) is 13.4. The Balaban J connectivity index is 3.42. The molecule has 1 heterocycles. The maximum absolute atomic E-state index is 5.52. The van der Waals surface area contributed by atoms with Crippen LogP contribution in [-0.4, -0.2) is 23.6 Å². The molecule has 1 N–H and O–H groups in total.